The Labute approximate surface area is 99.4 Å². The lowest BCUT2D eigenvalue weighted by atomic mass is 10.1. The number of primary amides is 1. The summed E-state index contributed by atoms with van der Waals surface area (Å²) in [6, 6.07) is 0.825. The predicted molar refractivity (Wildman–Crippen MR) is 54.8 cm³/mol. The van der Waals surface area contributed by atoms with Gasteiger partial charge >= 0.3 is 5.97 Å². The third-order valence-electron chi connectivity index (χ3n) is 1.96. The van der Waals surface area contributed by atoms with Gasteiger partial charge in [-0.15, -0.1) is 0 Å². The topological polar surface area (TPSA) is 109 Å². The van der Waals surface area contributed by atoms with Gasteiger partial charge in [0.15, 0.2) is 11.6 Å². The van der Waals surface area contributed by atoms with E-state index in [9.17, 15) is 23.2 Å². The van der Waals surface area contributed by atoms with Crippen LogP contribution < -0.4 is 11.1 Å². The lowest BCUT2D eigenvalue weighted by Crippen LogP contribution is -2.34. The molecule has 0 fully saturated rings. The monoisotopic (exact) mass is 258 g/mol. The largest absolute Gasteiger partial charge is 0.478 e. The number of benzene rings is 1. The molecule has 1 rings (SSSR count). The number of carboxylic acid groups (broad SMARTS) is 1. The van der Waals surface area contributed by atoms with Crippen molar-refractivity contribution in [2.24, 2.45) is 5.73 Å². The molecule has 0 radical (unpaired) electrons. The average molecular weight is 258 g/mol. The van der Waals surface area contributed by atoms with Gasteiger partial charge in [-0.25, -0.2) is 13.6 Å². The zero-order valence-corrected chi connectivity index (χ0v) is 8.87. The van der Waals surface area contributed by atoms with Crippen molar-refractivity contribution < 1.29 is 28.3 Å². The first-order chi connectivity index (χ1) is 8.32. The SMILES string of the molecule is NC(=O)CNC(=O)c1cc(F)c(F)cc1C(=O)O. The standard InChI is InChI=1S/C10H8F2N2O4/c11-6-1-4(9(16)14-3-8(13)15)5(10(17)18)2-7(6)12/h1-2H,3H2,(H2,13,15)(H,14,16)(H,17,18). The number of hydrogen-bond donors (Lipinski definition) is 3. The number of hydrogen-bond acceptors (Lipinski definition) is 3. The zero-order chi connectivity index (χ0) is 13.9. The second kappa shape index (κ2) is 5.21. The van der Waals surface area contributed by atoms with E-state index in [-0.39, 0.29) is 0 Å². The molecule has 0 spiro atoms. The highest BCUT2D eigenvalue weighted by Gasteiger charge is 2.20. The molecule has 0 saturated heterocycles. The maximum atomic E-state index is 12.9. The van der Waals surface area contributed by atoms with Crippen LogP contribution in [0.15, 0.2) is 12.1 Å². The van der Waals surface area contributed by atoms with Gasteiger partial charge in [-0.05, 0) is 12.1 Å². The molecule has 0 saturated carbocycles. The minimum atomic E-state index is -1.60. The normalized spacial score (nSPS) is 9.89. The summed E-state index contributed by atoms with van der Waals surface area (Å²) in [6.07, 6.45) is 0. The fourth-order valence-corrected chi connectivity index (χ4v) is 1.17. The van der Waals surface area contributed by atoms with E-state index in [1.165, 1.54) is 0 Å². The average Bonchev–Trinajstić information content (AvgIpc) is 2.28. The molecular weight excluding hydrogens is 250 g/mol. The van der Waals surface area contributed by atoms with Gasteiger partial charge in [0.1, 0.15) is 0 Å². The number of aromatic carboxylic acids is 1. The Kier molecular flexibility index (Phi) is 3.93. The molecule has 0 heterocycles. The molecule has 6 nitrogen and oxygen atoms in total. The summed E-state index contributed by atoms with van der Waals surface area (Å²) in [7, 11) is 0. The maximum Gasteiger partial charge on any atom is 0.336 e. The van der Waals surface area contributed by atoms with Gasteiger partial charge in [0, 0.05) is 0 Å². The van der Waals surface area contributed by atoms with Crippen LogP contribution in [-0.4, -0.2) is 29.4 Å². The highest BCUT2D eigenvalue weighted by Crippen LogP contribution is 2.15. The Morgan fingerprint density at radius 2 is 1.67 bits per heavy atom. The van der Waals surface area contributed by atoms with Gasteiger partial charge < -0.3 is 16.2 Å². The van der Waals surface area contributed by atoms with Crippen molar-refractivity contribution in [3.8, 4) is 0 Å². The van der Waals surface area contributed by atoms with Crippen LogP contribution in [0.3, 0.4) is 0 Å². The molecule has 0 atom stereocenters. The smallest absolute Gasteiger partial charge is 0.336 e. The summed E-state index contributed by atoms with van der Waals surface area (Å²) in [5.41, 5.74) is 3.46. The first-order valence-corrected chi connectivity index (χ1v) is 4.61. The van der Waals surface area contributed by atoms with Crippen molar-refractivity contribution in [3.05, 3.63) is 34.9 Å². The summed E-state index contributed by atoms with van der Waals surface area (Å²) in [6.45, 7) is -0.545. The molecule has 1 aromatic carbocycles. The number of carboxylic acids is 1. The van der Waals surface area contributed by atoms with E-state index in [0.29, 0.717) is 12.1 Å². The summed E-state index contributed by atoms with van der Waals surface area (Å²) < 4.78 is 25.8. The summed E-state index contributed by atoms with van der Waals surface area (Å²) >= 11 is 0. The fourth-order valence-electron chi connectivity index (χ4n) is 1.17. The van der Waals surface area contributed by atoms with Crippen LogP contribution >= 0.6 is 0 Å². The highest BCUT2D eigenvalue weighted by molar-refractivity contribution is 6.05. The molecule has 0 aromatic heterocycles. The first kappa shape index (κ1) is 13.6. The van der Waals surface area contributed by atoms with Gasteiger partial charge in [-0.2, -0.15) is 0 Å². The molecule has 1 aromatic rings. The molecule has 0 aliphatic carbocycles. The number of nitrogens with one attached hydrogen (secondary N) is 1. The molecule has 4 N–H and O–H groups in total. The molecule has 8 heteroatoms. The molecule has 2 amide bonds. The Balaban J connectivity index is 3.13. The van der Waals surface area contributed by atoms with Gasteiger partial charge in [0.05, 0.1) is 17.7 Å². The van der Waals surface area contributed by atoms with Crippen LogP contribution in [0.5, 0.6) is 0 Å². The van der Waals surface area contributed by atoms with Crippen LogP contribution in [0.1, 0.15) is 20.7 Å². The lowest BCUT2D eigenvalue weighted by molar-refractivity contribution is -0.117. The second-order valence-corrected chi connectivity index (χ2v) is 3.27. The minimum Gasteiger partial charge on any atom is -0.478 e. The Morgan fingerprint density at radius 3 is 2.11 bits per heavy atom. The van der Waals surface area contributed by atoms with E-state index >= 15 is 0 Å². The molecule has 0 bridgehead atoms. The number of carbonyl (C=O) groups is 3. The molecule has 0 aliphatic rings. The second-order valence-electron chi connectivity index (χ2n) is 3.27. The first-order valence-electron chi connectivity index (χ1n) is 4.61. The van der Waals surface area contributed by atoms with Crippen LogP contribution in [0.4, 0.5) is 8.78 Å². The van der Waals surface area contributed by atoms with Gasteiger partial charge in [-0.1, -0.05) is 0 Å². The van der Waals surface area contributed by atoms with E-state index in [4.69, 9.17) is 10.8 Å². The number of amides is 2. The summed E-state index contributed by atoms with van der Waals surface area (Å²) in [5.74, 6) is -6.26. The maximum absolute atomic E-state index is 12.9. The molecule has 0 unspecified atom stereocenters. The van der Waals surface area contributed by atoms with Crippen molar-refractivity contribution in [1.82, 2.24) is 5.32 Å². The third kappa shape index (κ3) is 3.00. The quantitative estimate of drug-likeness (QED) is 0.699. The van der Waals surface area contributed by atoms with Crippen molar-refractivity contribution in [3.63, 3.8) is 0 Å². The van der Waals surface area contributed by atoms with E-state index < -0.39 is 47.1 Å². The van der Waals surface area contributed by atoms with Gasteiger partial charge in [0.25, 0.3) is 5.91 Å². The van der Waals surface area contributed by atoms with E-state index in [1.807, 2.05) is 5.32 Å². The molecule has 0 aliphatic heterocycles. The van der Waals surface area contributed by atoms with E-state index in [1.54, 1.807) is 0 Å². The number of halogens is 2. The Hall–Kier alpha value is -2.51. The Bertz CT molecular complexity index is 531. The van der Waals surface area contributed by atoms with Crippen molar-refractivity contribution in [1.29, 1.82) is 0 Å². The van der Waals surface area contributed by atoms with Crippen LogP contribution in [0.25, 0.3) is 0 Å². The van der Waals surface area contributed by atoms with E-state index in [0.717, 1.165) is 0 Å². The van der Waals surface area contributed by atoms with Crippen molar-refractivity contribution in [2.45, 2.75) is 0 Å². The molecule has 96 valence electrons. The van der Waals surface area contributed by atoms with Crippen LogP contribution in [0.2, 0.25) is 0 Å². The van der Waals surface area contributed by atoms with Gasteiger partial charge in [0.2, 0.25) is 5.91 Å². The van der Waals surface area contributed by atoms with Crippen molar-refractivity contribution >= 4 is 17.8 Å². The predicted octanol–water partition coefficient (Wildman–Crippen LogP) is -0.122. The third-order valence-corrected chi connectivity index (χ3v) is 1.96. The number of nitrogens with two attached hydrogens (primary N) is 1. The summed E-state index contributed by atoms with van der Waals surface area (Å²) in [4.78, 5) is 32.7. The fraction of sp³-hybridized carbons (Fsp3) is 0.100. The number of carbonyl (C=O) groups excluding carboxylic acids is 2. The Morgan fingerprint density at radius 1 is 1.17 bits per heavy atom. The zero-order valence-electron chi connectivity index (χ0n) is 8.87. The highest BCUT2D eigenvalue weighted by atomic mass is 19.2. The number of rotatable bonds is 4. The molecule has 18 heavy (non-hydrogen) atoms. The van der Waals surface area contributed by atoms with Crippen LogP contribution in [0, 0.1) is 11.6 Å². The summed E-state index contributed by atoms with van der Waals surface area (Å²) in [5, 5.41) is 10.7. The van der Waals surface area contributed by atoms with E-state index in [2.05, 4.69) is 0 Å². The molecular formula is C10H8F2N2O4. The minimum absolute atomic E-state index is 0.386. The van der Waals surface area contributed by atoms with Gasteiger partial charge in [-0.3, -0.25) is 9.59 Å². The lowest BCUT2D eigenvalue weighted by Gasteiger charge is -2.07. The van der Waals surface area contributed by atoms with Crippen LogP contribution in [-0.2, 0) is 4.79 Å². The van der Waals surface area contributed by atoms with Crippen molar-refractivity contribution in [2.75, 3.05) is 6.54 Å².